The molecule has 0 bridgehead atoms. The molecular formula is C12H16N5O2S+. The Kier molecular flexibility index (Phi) is 2.73. The summed E-state index contributed by atoms with van der Waals surface area (Å²) in [6.45, 7) is 0. The van der Waals surface area contributed by atoms with Crippen LogP contribution in [0.2, 0.25) is 0 Å². The molecule has 0 unspecified atom stereocenters. The zero-order valence-corrected chi connectivity index (χ0v) is 12.3. The molecule has 0 atom stereocenters. The maximum Gasteiger partial charge on any atom is 0.327 e. The minimum atomic E-state index is -0.694. The second kappa shape index (κ2) is 4.22. The van der Waals surface area contributed by atoms with Crippen LogP contribution in [0.3, 0.4) is 0 Å². The monoisotopic (exact) mass is 294 g/mol. The molecule has 0 saturated carbocycles. The zero-order valence-electron chi connectivity index (χ0n) is 11.4. The largest absolute Gasteiger partial charge is 0.327 e. The van der Waals surface area contributed by atoms with E-state index in [1.54, 1.807) is 0 Å². The third kappa shape index (κ3) is 1.93. The number of nitrogens with zero attached hydrogens (tertiary/aromatic N) is 3. The second-order valence-corrected chi connectivity index (χ2v) is 7.17. The van der Waals surface area contributed by atoms with Crippen LogP contribution in [0, 0.1) is 0 Å². The average molecular weight is 294 g/mol. The molecule has 0 saturated heterocycles. The molecule has 106 valence electrons. The molecule has 3 rings (SSSR count). The van der Waals surface area contributed by atoms with Crippen molar-refractivity contribution in [3.8, 4) is 0 Å². The maximum atomic E-state index is 11.9. The molecule has 2 aromatic heterocycles. The van der Waals surface area contributed by atoms with Crippen LogP contribution in [0.1, 0.15) is 0 Å². The summed E-state index contributed by atoms with van der Waals surface area (Å²) in [6.07, 6.45) is 3.94. The van der Waals surface area contributed by atoms with E-state index in [-0.39, 0.29) is 5.52 Å². The summed E-state index contributed by atoms with van der Waals surface area (Å²) in [4.78, 5) is 32.8. The smallest absolute Gasteiger partial charge is 0.287 e. The van der Waals surface area contributed by atoms with Crippen molar-refractivity contribution in [2.24, 2.45) is 0 Å². The standard InChI is InChI=1S/C12H15N5O2S/c1-17(2,3)16-9-8(10(18)15-11(19)14-9)13-12(16)20-6-4-5-7-20/h4-7,20H,1-3H3,(H-,14,15,18,19)/p+1. The molecule has 2 aromatic rings. The molecule has 0 spiro atoms. The fourth-order valence-corrected chi connectivity index (χ4v) is 3.91. The number of fused-ring (bicyclic) bond motifs is 1. The van der Waals surface area contributed by atoms with Crippen molar-refractivity contribution in [2.75, 3.05) is 21.1 Å². The van der Waals surface area contributed by atoms with Crippen molar-refractivity contribution in [1.29, 1.82) is 0 Å². The Morgan fingerprint density at radius 1 is 1.15 bits per heavy atom. The highest BCUT2D eigenvalue weighted by Crippen LogP contribution is 2.42. The van der Waals surface area contributed by atoms with E-state index in [4.69, 9.17) is 0 Å². The summed E-state index contributed by atoms with van der Waals surface area (Å²) in [5.74, 6) is 0. The van der Waals surface area contributed by atoms with E-state index in [0.29, 0.717) is 10.2 Å². The van der Waals surface area contributed by atoms with Crippen molar-refractivity contribution in [2.45, 2.75) is 5.16 Å². The molecule has 0 amide bonds. The van der Waals surface area contributed by atoms with Gasteiger partial charge in [-0.1, -0.05) is 12.2 Å². The van der Waals surface area contributed by atoms with Gasteiger partial charge in [0, 0.05) is 0 Å². The van der Waals surface area contributed by atoms with Crippen molar-refractivity contribution < 1.29 is 0 Å². The number of nitrogens with one attached hydrogen (secondary N) is 2. The first-order valence-corrected chi connectivity index (χ1v) is 7.56. The number of aromatic nitrogens is 4. The summed E-state index contributed by atoms with van der Waals surface area (Å²) >= 11 is 0. The zero-order chi connectivity index (χ0) is 14.5. The fraction of sp³-hybridized carbons (Fsp3) is 0.250. The van der Waals surface area contributed by atoms with Crippen LogP contribution in [0.15, 0.2) is 37.7 Å². The average Bonchev–Trinajstić information content (AvgIpc) is 2.91. The summed E-state index contributed by atoms with van der Waals surface area (Å²) in [5, 5.41) is 4.92. The molecule has 0 fully saturated rings. The molecule has 1 aliphatic rings. The Hall–Kier alpha value is -2.06. The van der Waals surface area contributed by atoms with Crippen molar-refractivity contribution in [1.82, 2.24) is 24.2 Å². The number of quaternary nitrogens is 1. The minimum Gasteiger partial charge on any atom is -0.287 e. The highest BCUT2D eigenvalue weighted by Gasteiger charge is 2.26. The predicted octanol–water partition coefficient (Wildman–Crippen LogP) is 0.142. The van der Waals surface area contributed by atoms with E-state index in [9.17, 15) is 9.59 Å². The van der Waals surface area contributed by atoms with Crippen molar-refractivity contribution in [3.63, 3.8) is 0 Å². The summed E-state index contributed by atoms with van der Waals surface area (Å²) in [7, 11) is 5.19. The minimum absolute atomic E-state index is 0.267. The molecule has 0 aromatic carbocycles. The lowest BCUT2D eigenvalue weighted by Crippen LogP contribution is -2.47. The normalized spacial score (nSPS) is 16.4. The SMILES string of the molecule is C[N+](C)(C)n1c([SH]2C=CC=C2)nc2c(=O)[nH]c(=O)[nH]c21. The Morgan fingerprint density at radius 3 is 2.40 bits per heavy atom. The number of rotatable bonds is 2. The first-order chi connectivity index (χ1) is 9.38. The highest BCUT2D eigenvalue weighted by atomic mass is 32.2. The molecule has 8 heteroatoms. The van der Waals surface area contributed by atoms with Gasteiger partial charge in [-0.25, -0.2) is 14.4 Å². The number of imidazole rings is 1. The van der Waals surface area contributed by atoms with Gasteiger partial charge in [-0.05, 0) is 10.8 Å². The Balaban J connectivity index is 2.43. The van der Waals surface area contributed by atoms with E-state index in [1.165, 1.54) is 0 Å². The third-order valence-corrected chi connectivity index (χ3v) is 4.68. The first-order valence-electron chi connectivity index (χ1n) is 6.08. The molecule has 0 radical (unpaired) electrons. The molecular weight excluding hydrogens is 278 g/mol. The van der Waals surface area contributed by atoms with Crippen LogP contribution in [-0.2, 0) is 0 Å². The molecule has 0 aliphatic carbocycles. The first kappa shape index (κ1) is 12.9. The van der Waals surface area contributed by atoms with Crippen molar-refractivity contribution >= 4 is 22.1 Å². The van der Waals surface area contributed by atoms with Gasteiger partial charge in [0.05, 0.1) is 21.1 Å². The van der Waals surface area contributed by atoms with Gasteiger partial charge in [-0.15, -0.1) is 15.6 Å². The molecule has 20 heavy (non-hydrogen) atoms. The second-order valence-electron chi connectivity index (χ2n) is 5.36. The fourth-order valence-electron chi connectivity index (χ4n) is 2.18. The van der Waals surface area contributed by atoms with Crippen LogP contribution in [0.4, 0.5) is 0 Å². The van der Waals surface area contributed by atoms with Crippen LogP contribution in [0.5, 0.6) is 0 Å². The maximum absolute atomic E-state index is 11.9. The highest BCUT2D eigenvalue weighted by molar-refractivity contribution is 8.22. The number of H-pyrrole nitrogens is 2. The van der Waals surface area contributed by atoms with Crippen molar-refractivity contribution in [3.05, 3.63) is 43.8 Å². The van der Waals surface area contributed by atoms with Gasteiger partial charge >= 0.3 is 5.69 Å². The third-order valence-electron chi connectivity index (χ3n) is 2.95. The summed E-state index contributed by atoms with van der Waals surface area (Å²) in [6, 6.07) is 0. The quantitative estimate of drug-likeness (QED) is 0.544. The van der Waals surface area contributed by atoms with E-state index < -0.39 is 22.1 Å². The number of thiol groups is 1. The van der Waals surface area contributed by atoms with Gasteiger partial charge in [-0.2, -0.15) is 0 Å². The van der Waals surface area contributed by atoms with Crippen LogP contribution < -0.4 is 15.8 Å². The lowest BCUT2D eigenvalue weighted by atomic mass is 10.5. The van der Waals surface area contributed by atoms with E-state index in [2.05, 4.69) is 25.8 Å². The molecule has 1 aliphatic heterocycles. The predicted molar refractivity (Wildman–Crippen MR) is 81.8 cm³/mol. The van der Waals surface area contributed by atoms with E-state index in [0.717, 1.165) is 5.16 Å². The van der Waals surface area contributed by atoms with Crippen LogP contribution in [0.25, 0.3) is 11.2 Å². The van der Waals surface area contributed by atoms with Gasteiger partial charge in [0.25, 0.3) is 5.56 Å². The number of allylic oxidation sites excluding steroid dienone is 2. The summed E-state index contributed by atoms with van der Waals surface area (Å²) in [5.41, 5.74) is -0.255. The van der Waals surface area contributed by atoms with Gasteiger partial charge in [0.2, 0.25) is 5.16 Å². The van der Waals surface area contributed by atoms with Crippen LogP contribution >= 0.6 is 10.9 Å². The lowest BCUT2D eigenvalue weighted by molar-refractivity contribution is 0.244. The molecule has 2 N–H and O–H groups in total. The number of hydrogen-bond donors (Lipinski definition) is 3. The lowest BCUT2D eigenvalue weighted by Gasteiger charge is -2.27. The topological polar surface area (TPSA) is 83.5 Å². The van der Waals surface area contributed by atoms with E-state index >= 15 is 0 Å². The number of aromatic amines is 2. The Morgan fingerprint density at radius 2 is 1.80 bits per heavy atom. The summed E-state index contributed by atoms with van der Waals surface area (Å²) < 4.78 is 2.30. The molecule has 7 nitrogen and oxygen atoms in total. The Labute approximate surface area is 117 Å². The van der Waals surface area contributed by atoms with Gasteiger partial charge < -0.3 is 0 Å². The molecule has 3 heterocycles. The van der Waals surface area contributed by atoms with Crippen LogP contribution in [-0.4, -0.2) is 40.8 Å². The van der Waals surface area contributed by atoms with Gasteiger partial charge in [-0.3, -0.25) is 14.8 Å². The van der Waals surface area contributed by atoms with Gasteiger partial charge in [0.15, 0.2) is 11.2 Å². The number of hydrogen-bond acceptors (Lipinski definition) is 3. The van der Waals surface area contributed by atoms with Gasteiger partial charge in [0.1, 0.15) is 0 Å². The Bertz CT molecular complexity index is 837. The van der Waals surface area contributed by atoms with E-state index in [1.807, 2.05) is 38.0 Å².